The Bertz CT molecular complexity index is 643. The average Bonchev–Trinajstić information content (AvgIpc) is 2.83. The average molecular weight is 275 g/mol. The predicted molar refractivity (Wildman–Crippen MR) is 74.3 cm³/mol. The molecule has 106 valence electrons. The summed E-state index contributed by atoms with van der Waals surface area (Å²) in [5.74, 6) is -0.386. The normalized spacial score (nSPS) is 10.8. The summed E-state index contributed by atoms with van der Waals surface area (Å²) >= 11 is 0. The summed E-state index contributed by atoms with van der Waals surface area (Å²) in [5, 5.41) is 9.19. The highest BCUT2D eigenvalue weighted by Crippen LogP contribution is 2.33. The summed E-state index contributed by atoms with van der Waals surface area (Å²) < 4.78 is 10.7. The molecule has 0 amide bonds. The van der Waals surface area contributed by atoms with Gasteiger partial charge in [0.25, 0.3) is 0 Å². The molecule has 1 N–H and O–H groups in total. The van der Waals surface area contributed by atoms with Crippen LogP contribution in [0.4, 0.5) is 0 Å². The maximum absolute atomic E-state index is 11.2. The molecule has 0 aliphatic heterocycles. The number of carbonyl (C=O) groups is 1. The molecule has 20 heavy (non-hydrogen) atoms. The maximum atomic E-state index is 11.2. The minimum atomic E-state index is -1.11. The number of aromatic nitrogens is 1. The van der Waals surface area contributed by atoms with E-state index in [1.807, 2.05) is 39.0 Å². The molecule has 1 heterocycles. The van der Waals surface area contributed by atoms with Gasteiger partial charge in [0.2, 0.25) is 11.7 Å². The Balaban J connectivity index is 2.61. The van der Waals surface area contributed by atoms with E-state index < -0.39 is 5.97 Å². The van der Waals surface area contributed by atoms with Crippen LogP contribution < -0.4 is 4.74 Å². The van der Waals surface area contributed by atoms with E-state index in [0.29, 0.717) is 17.0 Å². The van der Waals surface area contributed by atoms with Crippen LogP contribution in [0.5, 0.6) is 5.75 Å². The van der Waals surface area contributed by atoms with Crippen LogP contribution in [0.2, 0.25) is 0 Å². The highest BCUT2D eigenvalue weighted by molar-refractivity contribution is 5.86. The number of oxazole rings is 1. The third-order valence-electron chi connectivity index (χ3n) is 2.98. The molecule has 0 aliphatic carbocycles. The molecule has 0 aliphatic rings. The molecule has 0 saturated carbocycles. The first-order valence-electron chi connectivity index (χ1n) is 6.33. The molecule has 2 aromatic rings. The molecule has 5 nitrogen and oxygen atoms in total. The molecular weight excluding hydrogens is 258 g/mol. The van der Waals surface area contributed by atoms with Crippen LogP contribution in [0.1, 0.15) is 41.6 Å². The summed E-state index contributed by atoms with van der Waals surface area (Å²) in [5.41, 5.74) is 2.11. The van der Waals surface area contributed by atoms with Gasteiger partial charge in [-0.05, 0) is 25.0 Å². The quantitative estimate of drug-likeness (QED) is 0.924. The minimum Gasteiger partial charge on any atom is -0.496 e. The lowest BCUT2D eigenvalue weighted by Gasteiger charge is -2.05. The van der Waals surface area contributed by atoms with Gasteiger partial charge in [-0.25, -0.2) is 9.78 Å². The zero-order valence-corrected chi connectivity index (χ0v) is 11.9. The zero-order valence-electron chi connectivity index (χ0n) is 11.9. The third-order valence-corrected chi connectivity index (χ3v) is 2.98. The van der Waals surface area contributed by atoms with Crippen LogP contribution in [0.15, 0.2) is 22.6 Å². The van der Waals surface area contributed by atoms with Gasteiger partial charge in [-0.1, -0.05) is 25.5 Å². The zero-order chi connectivity index (χ0) is 14.9. The SMILES string of the molecule is COc1ccc(C)cc1-c1nc(C(C)C)c(C(=O)O)o1. The van der Waals surface area contributed by atoms with Crippen molar-refractivity contribution in [2.24, 2.45) is 0 Å². The Kier molecular flexibility index (Phi) is 3.79. The number of benzene rings is 1. The first-order valence-corrected chi connectivity index (χ1v) is 6.33. The van der Waals surface area contributed by atoms with Gasteiger partial charge in [0.05, 0.1) is 18.4 Å². The Morgan fingerprint density at radius 2 is 2.10 bits per heavy atom. The van der Waals surface area contributed by atoms with Gasteiger partial charge in [0.1, 0.15) is 5.75 Å². The van der Waals surface area contributed by atoms with Crippen molar-refractivity contribution in [3.8, 4) is 17.2 Å². The summed E-state index contributed by atoms with van der Waals surface area (Å²) in [6.45, 7) is 5.69. The lowest BCUT2D eigenvalue weighted by molar-refractivity contribution is 0.0661. The number of rotatable bonds is 4. The van der Waals surface area contributed by atoms with Crippen molar-refractivity contribution in [2.45, 2.75) is 26.7 Å². The van der Waals surface area contributed by atoms with Crippen LogP contribution in [0.3, 0.4) is 0 Å². The fourth-order valence-electron chi connectivity index (χ4n) is 1.98. The van der Waals surface area contributed by atoms with E-state index in [1.54, 1.807) is 7.11 Å². The van der Waals surface area contributed by atoms with Crippen molar-refractivity contribution >= 4 is 5.97 Å². The third kappa shape index (κ3) is 2.52. The molecule has 0 saturated heterocycles. The first-order chi connectivity index (χ1) is 9.43. The lowest BCUT2D eigenvalue weighted by atomic mass is 10.1. The lowest BCUT2D eigenvalue weighted by Crippen LogP contribution is -2.01. The first kappa shape index (κ1) is 14.1. The van der Waals surface area contributed by atoms with Crippen molar-refractivity contribution in [2.75, 3.05) is 7.11 Å². The molecule has 1 aromatic carbocycles. The number of hydrogen-bond donors (Lipinski definition) is 1. The predicted octanol–water partition coefficient (Wildman–Crippen LogP) is 3.48. The van der Waals surface area contributed by atoms with Gasteiger partial charge in [0, 0.05) is 0 Å². The van der Waals surface area contributed by atoms with Crippen LogP contribution in [0, 0.1) is 6.92 Å². The highest BCUT2D eigenvalue weighted by atomic mass is 16.5. The molecule has 0 radical (unpaired) electrons. The molecule has 0 unspecified atom stereocenters. The molecule has 0 atom stereocenters. The second-order valence-electron chi connectivity index (χ2n) is 4.90. The fourth-order valence-corrected chi connectivity index (χ4v) is 1.98. The van der Waals surface area contributed by atoms with E-state index in [1.165, 1.54) is 0 Å². The monoisotopic (exact) mass is 275 g/mol. The van der Waals surface area contributed by atoms with Gasteiger partial charge in [0.15, 0.2) is 0 Å². The smallest absolute Gasteiger partial charge is 0.373 e. The van der Waals surface area contributed by atoms with Crippen molar-refractivity contribution in [1.82, 2.24) is 4.98 Å². The number of aryl methyl sites for hydroxylation is 1. The molecule has 5 heteroatoms. The van der Waals surface area contributed by atoms with Crippen molar-refractivity contribution in [3.63, 3.8) is 0 Å². The van der Waals surface area contributed by atoms with Crippen LogP contribution in [-0.4, -0.2) is 23.2 Å². The second kappa shape index (κ2) is 5.36. The maximum Gasteiger partial charge on any atom is 0.373 e. The van der Waals surface area contributed by atoms with Gasteiger partial charge < -0.3 is 14.3 Å². The Morgan fingerprint density at radius 1 is 1.40 bits per heavy atom. The van der Waals surface area contributed by atoms with E-state index >= 15 is 0 Å². The van der Waals surface area contributed by atoms with Gasteiger partial charge in [-0.3, -0.25) is 0 Å². The topological polar surface area (TPSA) is 72.6 Å². The fraction of sp³-hybridized carbons (Fsp3) is 0.333. The van der Waals surface area contributed by atoms with Crippen LogP contribution in [-0.2, 0) is 0 Å². The second-order valence-corrected chi connectivity index (χ2v) is 4.90. The number of carboxylic acid groups (broad SMARTS) is 1. The number of hydrogen-bond acceptors (Lipinski definition) is 4. The van der Waals surface area contributed by atoms with Crippen molar-refractivity contribution in [1.29, 1.82) is 0 Å². The van der Waals surface area contributed by atoms with Crippen LogP contribution in [0.25, 0.3) is 11.5 Å². The summed E-state index contributed by atoms with van der Waals surface area (Å²) in [6, 6.07) is 5.58. The number of carboxylic acids is 1. The van der Waals surface area contributed by atoms with E-state index in [9.17, 15) is 9.90 Å². The van der Waals surface area contributed by atoms with Crippen molar-refractivity contribution in [3.05, 3.63) is 35.2 Å². The molecule has 0 spiro atoms. The molecule has 0 fully saturated rings. The summed E-state index contributed by atoms with van der Waals surface area (Å²) in [4.78, 5) is 15.6. The van der Waals surface area contributed by atoms with E-state index in [4.69, 9.17) is 9.15 Å². The van der Waals surface area contributed by atoms with Gasteiger partial charge >= 0.3 is 5.97 Å². The molecule has 0 bridgehead atoms. The van der Waals surface area contributed by atoms with E-state index in [2.05, 4.69) is 4.98 Å². The molecule has 2 rings (SSSR count). The van der Waals surface area contributed by atoms with Crippen molar-refractivity contribution < 1.29 is 19.1 Å². The largest absolute Gasteiger partial charge is 0.496 e. The number of nitrogens with zero attached hydrogens (tertiary/aromatic N) is 1. The molecular formula is C15H17NO4. The van der Waals surface area contributed by atoms with E-state index in [-0.39, 0.29) is 17.6 Å². The highest BCUT2D eigenvalue weighted by Gasteiger charge is 2.23. The van der Waals surface area contributed by atoms with E-state index in [0.717, 1.165) is 5.56 Å². The van der Waals surface area contributed by atoms with Crippen LogP contribution >= 0.6 is 0 Å². The molecule has 1 aromatic heterocycles. The van der Waals surface area contributed by atoms with Gasteiger partial charge in [-0.15, -0.1) is 0 Å². The number of ether oxygens (including phenoxy) is 1. The van der Waals surface area contributed by atoms with Gasteiger partial charge in [-0.2, -0.15) is 0 Å². The summed E-state index contributed by atoms with van der Waals surface area (Å²) in [7, 11) is 1.55. The number of aromatic carboxylic acids is 1. The Morgan fingerprint density at radius 3 is 2.60 bits per heavy atom. The Labute approximate surface area is 117 Å². The Hall–Kier alpha value is -2.30. The standard InChI is InChI=1S/C15H17NO4/c1-8(2)12-13(15(17)18)20-14(16-12)10-7-9(3)5-6-11(10)19-4/h5-8H,1-4H3,(H,17,18). The number of methoxy groups -OCH3 is 1. The minimum absolute atomic E-state index is 0.0330. The summed E-state index contributed by atoms with van der Waals surface area (Å²) in [6.07, 6.45) is 0.